The maximum absolute atomic E-state index is 13.2. The number of fused-ring (bicyclic) bond motifs is 5. The van der Waals surface area contributed by atoms with Crippen molar-refractivity contribution in [3.63, 3.8) is 0 Å². The first-order chi connectivity index (χ1) is 13.6. The summed E-state index contributed by atoms with van der Waals surface area (Å²) in [5.41, 5.74) is 1.77. The van der Waals surface area contributed by atoms with Gasteiger partial charge >= 0.3 is 10.3 Å². The Hall–Kier alpha value is -1.93. The molecule has 1 saturated heterocycles. The van der Waals surface area contributed by atoms with Crippen LogP contribution in [-0.2, 0) is 26.3 Å². The molecule has 0 radical (unpaired) electrons. The fourth-order valence-corrected chi connectivity index (χ4v) is 6.25. The molecule has 0 aromatic heterocycles. The molecule has 1 saturated carbocycles. The van der Waals surface area contributed by atoms with Gasteiger partial charge in [0.25, 0.3) is 0 Å². The van der Waals surface area contributed by atoms with E-state index >= 15 is 0 Å². The molecule has 7 nitrogen and oxygen atoms in total. The summed E-state index contributed by atoms with van der Waals surface area (Å²) >= 11 is 0. The molecule has 1 aliphatic heterocycles. The fourth-order valence-electron chi connectivity index (χ4n) is 5.88. The number of hydrogen-bond acceptors (Lipinski definition) is 5. The minimum absolute atomic E-state index is 0.00162. The number of imide groups is 1. The van der Waals surface area contributed by atoms with Gasteiger partial charge in [-0.15, -0.1) is 0 Å². The van der Waals surface area contributed by atoms with Gasteiger partial charge in [-0.25, -0.2) is 0 Å². The second kappa shape index (κ2) is 7.09. The minimum atomic E-state index is -4.05. The average Bonchev–Trinajstić information content (AvgIpc) is 2.65. The van der Waals surface area contributed by atoms with Crippen molar-refractivity contribution < 1.29 is 22.2 Å². The first-order valence-corrected chi connectivity index (χ1v) is 11.8. The quantitative estimate of drug-likeness (QED) is 0.753. The number of benzene rings is 1. The Kier molecular flexibility index (Phi) is 4.98. The van der Waals surface area contributed by atoms with E-state index in [1.54, 1.807) is 12.1 Å². The number of rotatable bonds is 4. The number of nitrogens with two attached hydrogens (primary N) is 1. The Morgan fingerprint density at radius 3 is 2.72 bits per heavy atom. The van der Waals surface area contributed by atoms with Crippen molar-refractivity contribution in [2.75, 3.05) is 6.54 Å². The minimum Gasteiger partial charge on any atom is -0.371 e. The zero-order valence-electron chi connectivity index (χ0n) is 16.9. The Morgan fingerprint density at radius 2 is 2.03 bits per heavy atom. The molecule has 1 aromatic carbocycles. The van der Waals surface area contributed by atoms with Crippen molar-refractivity contribution in [1.82, 2.24) is 4.90 Å². The molecular formula is C21H28N2O5S. The van der Waals surface area contributed by atoms with E-state index in [9.17, 15) is 18.0 Å². The summed E-state index contributed by atoms with van der Waals surface area (Å²) in [7, 11) is -4.05. The lowest BCUT2D eigenvalue weighted by Crippen LogP contribution is -2.59. The number of carbonyl (C=O) groups is 2. The number of amides is 2. The lowest BCUT2D eigenvalue weighted by molar-refractivity contribution is -0.167. The molecule has 1 heterocycles. The summed E-state index contributed by atoms with van der Waals surface area (Å²) in [6.45, 7) is 4.53. The Bertz CT molecular complexity index is 960. The van der Waals surface area contributed by atoms with E-state index < -0.39 is 15.7 Å². The smallest absolute Gasteiger partial charge is 0.371 e. The van der Waals surface area contributed by atoms with Crippen molar-refractivity contribution in [2.45, 2.75) is 58.3 Å². The predicted molar refractivity (Wildman–Crippen MR) is 107 cm³/mol. The maximum Gasteiger partial charge on any atom is 0.380 e. The number of hydrogen-bond donors (Lipinski definition) is 1. The summed E-state index contributed by atoms with van der Waals surface area (Å²) in [5.74, 6) is 0.803. The summed E-state index contributed by atoms with van der Waals surface area (Å²) in [5, 5.41) is 4.98. The molecule has 2 fully saturated rings. The van der Waals surface area contributed by atoms with Gasteiger partial charge in [0.05, 0.1) is 5.41 Å². The van der Waals surface area contributed by atoms with E-state index in [-0.39, 0.29) is 35.3 Å². The van der Waals surface area contributed by atoms with E-state index in [0.717, 1.165) is 37.7 Å². The molecule has 2 amide bonds. The molecule has 29 heavy (non-hydrogen) atoms. The third-order valence-corrected chi connectivity index (χ3v) is 7.60. The van der Waals surface area contributed by atoms with Crippen molar-refractivity contribution in [3.05, 3.63) is 29.3 Å². The molecule has 0 spiro atoms. The standard InChI is InChI=1S/C21H28N2O5S/c1-3-10-23-19(24)12-18-17-6-4-13-11-14(28-29(22,26)27)5-7-15(13)16(17)8-9-21(18,2)20(23)25/h5,7,11,16-18H,3-4,6,8-10,12H2,1-2H3,(H2,22,26,27)/t16-,17-,18+,21+/m1/s1. The van der Waals surface area contributed by atoms with Crippen molar-refractivity contribution in [1.29, 1.82) is 0 Å². The monoisotopic (exact) mass is 420 g/mol. The first kappa shape index (κ1) is 20.3. The summed E-state index contributed by atoms with van der Waals surface area (Å²) in [6, 6.07) is 5.31. The van der Waals surface area contributed by atoms with Crippen LogP contribution < -0.4 is 9.32 Å². The van der Waals surface area contributed by atoms with Gasteiger partial charge in [0, 0.05) is 13.0 Å². The van der Waals surface area contributed by atoms with Gasteiger partial charge in [-0.05, 0) is 73.1 Å². The number of nitrogens with zero attached hydrogens (tertiary/aromatic N) is 1. The lowest BCUT2D eigenvalue weighted by atomic mass is 9.52. The summed E-state index contributed by atoms with van der Waals surface area (Å²) < 4.78 is 27.2. The van der Waals surface area contributed by atoms with Gasteiger partial charge in [-0.3, -0.25) is 14.5 Å². The second-order valence-electron chi connectivity index (χ2n) is 8.86. The average molecular weight is 421 g/mol. The van der Waals surface area contributed by atoms with E-state index in [1.165, 1.54) is 10.5 Å². The molecule has 2 aliphatic carbocycles. The molecule has 0 bridgehead atoms. The van der Waals surface area contributed by atoms with Crippen LogP contribution in [0.15, 0.2) is 18.2 Å². The van der Waals surface area contributed by atoms with E-state index in [4.69, 9.17) is 9.32 Å². The van der Waals surface area contributed by atoms with Crippen molar-refractivity contribution in [2.24, 2.45) is 22.4 Å². The highest BCUT2D eigenvalue weighted by molar-refractivity contribution is 7.84. The van der Waals surface area contributed by atoms with E-state index in [0.29, 0.717) is 13.0 Å². The molecule has 4 rings (SSSR count). The van der Waals surface area contributed by atoms with Gasteiger partial charge in [-0.1, -0.05) is 19.9 Å². The third-order valence-electron chi connectivity index (χ3n) is 7.18. The Morgan fingerprint density at radius 1 is 1.28 bits per heavy atom. The van der Waals surface area contributed by atoms with Crippen LogP contribution in [0.5, 0.6) is 5.75 Å². The molecule has 4 atom stereocenters. The molecule has 0 unspecified atom stereocenters. The molecule has 2 N–H and O–H groups in total. The normalized spacial score (nSPS) is 31.7. The first-order valence-electron chi connectivity index (χ1n) is 10.3. The molecule has 158 valence electrons. The van der Waals surface area contributed by atoms with Gasteiger partial charge in [0.15, 0.2) is 0 Å². The number of piperidine rings is 1. The Labute approximate surface area is 171 Å². The van der Waals surface area contributed by atoms with Gasteiger partial charge in [0.2, 0.25) is 11.8 Å². The van der Waals surface area contributed by atoms with Crippen LogP contribution in [0.25, 0.3) is 0 Å². The van der Waals surface area contributed by atoms with Crippen LogP contribution in [-0.4, -0.2) is 31.7 Å². The molecule has 1 aromatic rings. The maximum atomic E-state index is 13.2. The van der Waals surface area contributed by atoms with E-state index in [2.05, 4.69) is 0 Å². The van der Waals surface area contributed by atoms with Crippen LogP contribution in [0.1, 0.15) is 63.0 Å². The molecule has 8 heteroatoms. The van der Waals surface area contributed by atoms with E-state index in [1.807, 2.05) is 19.9 Å². The zero-order chi connectivity index (χ0) is 21.0. The highest BCUT2D eigenvalue weighted by Crippen LogP contribution is 2.58. The lowest BCUT2D eigenvalue weighted by Gasteiger charge is -2.54. The second-order valence-corrected chi connectivity index (χ2v) is 10.0. The topological polar surface area (TPSA) is 107 Å². The molecule has 3 aliphatic rings. The number of likely N-dealkylation sites (tertiary alicyclic amines) is 1. The predicted octanol–water partition coefficient (Wildman–Crippen LogP) is 2.50. The van der Waals surface area contributed by atoms with Crippen LogP contribution in [0.4, 0.5) is 0 Å². The zero-order valence-corrected chi connectivity index (χ0v) is 17.7. The van der Waals surface area contributed by atoms with Gasteiger partial charge < -0.3 is 4.18 Å². The highest BCUT2D eigenvalue weighted by atomic mass is 32.2. The van der Waals surface area contributed by atoms with Crippen LogP contribution in [0.3, 0.4) is 0 Å². The third kappa shape index (κ3) is 3.46. The van der Waals surface area contributed by atoms with Crippen LogP contribution in [0, 0.1) is 17.3 Å². The fraction of sp³-hybridized carbons (Fsp3) is 0.619. The van der Waals surface area contributed by atoms with Gasteiger partial charge in [-0.2, -0.15) is 13.6 Å². The van der Waals surface area contributed by atoms with Crippen molar-refractivity contribution in [3.8, 4) is 5.75 Å². The highest BCUT2D eigenvalue weighted by Gasteiger charge is 2.57. The number of aryl methyl sites for hydroxylation is 1. The van der Waals surface area contributed by atoms with Crippen LogP contribution in [0.2, 0.25) is 0 Å². The van der Waals surface area contributed by atoms with Crippen molar-refractivity contribution >= 4 is 22.1 Å². The summed E-state index contributed by atoms with van der Waals surface area (Å²) in [4.78, 5) is 27.4. The largest absolute Gasteiger partial charge is 0.380 e. The SMILES string of the molecule is CCCN1C(=O)C[C@H]2[C@@H]3CCc4cc(OS(N)(=O)=O)ccc4[C@H]3CC[C@]2(C)C1=O. The molecular weight excluding hydrogens is 392 g/mol. The van der Waals surface area contributed by atoms with Crippen LogP contribution >= 0.6 is 0 Å². The summed E-state index contributed by atoms with van der Waals surface area (Å²) in [6.07, 6.45) is 4.52. The Balaban J connectivity index is 1.63. The number of carbonyl (C=O) groups excluding carboxylic acids is 2. The van der Waals surface area contributed by atoms with Gasteiger partial charge in [0.1, 0.15) is 5.75 Å².